The third-order valence-corrected chi connectivity index (χ3v) is 2.79. The van der Waals surface area contributed by atoms with Crippen molar-refractivity contribution in [3.05, 3.63) is 0 Å². The van der Waals surface area contributed by atoms with Gasteiger partial charge in [0.25, 0.3) is 0 Å². The number of hydrogen-bond acceptors (Lipinski definition) is 1. The summed E-state index contributed by atoms with van der Waals surface area (Å²) in [5.41, 5.74) is 0. The summed E-state index contributed by atoms with van der Waals surface area (Å²) < 4.78 is 0. The molecule has 0 aromatic rings. The predicted molar refractivity (Wildman–Crippen MR) is 41.2 cm³/mol. The Morgan fingerprint density at radius 1 is 1.36 bits per heavy atom. The second kappa shape index (κ2) is 2.50. The normalized spacial score (nSPS) is 26.5. The van der Waals surface area contributed by atoms with E-state index < -0.39 is 5.97 Å². The lowest BCUT2D eigenvalue weighted by Crippen LogP contribution is -2.16. The zero-order valence-electron chi connectivity index (χ0n) is 6.62. The molecule has 11 heavy (non-hydrogen) atoms. The van der Waals surface area contributed by atoms with Gasteiger partial charge in [0.1, 0.15) is 0 Å². The van der Waals surface area contributed by atoms with E-state index in [1.54, 1.807) is 0 Å². The van der Waals surface area contributed by atoms with Crippen molar-refractivity contribution in [3.63, 3.8) is 0 Å². The zero-order chi connectivity index (χ0) is 7.84. The first kappa shape index (κ1) is 7.14. The fourth-order valence-electron chi connectivity index (χ4n) is 1.71. The maximum Gasteiger partial charge on any atom is 0.306 e. The molecule has 2 nitrogen and oxygen atoms in total. The van der Waals surface area contributed by atoms with E-state index >= 15 is 0 Å². The molecule has 2 saturated carbocycles. The molecule has 0 aromatic carbocycles. The van der Waals surface area contributed by atoms with Gasteiger partial charge in [0.05, 0.1) is 5.92 Å². The van der Waals surface area contributed by atoms with Gasteiger partial charge in [0, 0.05) is 0 Å². The van der Waals surface area contributed by atoms with Gasteiger partial charge >= 0.3 is 5.97 Å². The first-order valence-corrected chi connectivity index (χ1v) is 4.50. The molecule has 0 saturated heterocycles. The number of aliphatic carboxylic acids is 1. The molecule has 0 radical (unpaired) electrons. The maximum absolute atomic E-state index is 10.7. The first-order valence-electron chi connectivity index (χ1n) is 4.50. The largest absolute Gasteiger partial charge is 0.481 e. The van der Waals surface area contributed by atoms with E-state index in [1.807, 2.05) is 0 Å². The van der Waals surface area contributed by atoms with E-state index in [1.165, 1.54) is 12.8 Å². The van der Waals surface area contributed by atoms with Gasteiger partial charge in [-0.3, -0.25) is 4.79 Å². The highest BCUT2D eigenvalue weighted by Crippen LogP contribution is 2.44. The summed E-state index contributed by atoms with van der Waals surface area (Å²) in [4.78, 5) is 10.7. The van der Waals surface area contributed by atoms with Gasteiger partial charge in [-0.15, -0.1) is 0 Å². The maximum atomic E-state index is 10.7. The smallest absolute Gasteiger partial charge is 0.306 e. The Morgan fingerprint density at radius 2 is 2.00 bits per heavy atom. The molecule has 2 heteroatoms. The molecule has 0 spiro atoms. The fraction of sp³-hybridized carbons (Fsp3) is 0.889. The second-order valence-electron chi connectivity index (χ2n) is 3.96. The second-order valence-corrected chi connectivity index (χ2v) is 3.96. The lowest BCUT2D eigenvalue weighted by atomic mass is 9.97. The lowest BCUT2D eigenvalue weighted by Gasteiger charge is -2.08. The van der Waals surface area contributed by atoms with Gasteiger partial charge in [0.2, 0.25) is 0 Å². The van der Waals surface area contributed by atoms with Crippen molar-refractivity contribution in [1.29, 1.82) is 0 Å². The number of rotatable bonds is 4. The molecule has 0 heterocycles. The van der Waals surface area contributed by atoms with Crippen molar-refractivity contribution < 1.29 is 9.90 Å². The standard InChI is InChI=1S/C9H14O2/c10-9(11)8(7-3-4-7)5-6-1-2-6/h6-8H,1-5H2,(H,10,11). The van der Waals surface area contributed by atoms with Crippen molar-refractivity contribution in [2.24, 2.45) is 17.8 Å². The molecule has 1 N–H and O–H groups in total. The minimum Gasteiger partial charge on any atom is -0.481 e. The van der Waals surface area contributed by atoms with Crippen LogP contribution in [0.3, 0.4) is 0 Å². The highest BCUT2D eigenvalue weighted by Gasteiger charge is 2.39. The van der Waals surface area contributed by atoms with Gasteiger partial charge in [-0.1, -0.05) is 12.8 Å². The highest BCUT2D eigenvalue weighted by molar-refractivity contribution is 5.70. The Bertz CT molecular complexity index is 168. The Hall–Kier alpha value is -0.530. The van der Waals surface area contributed by atoms with E-state index in [9.17, 15) is 4.79 Å². The van der Waals surface area contributed by atoms with Crippen LogP contribution in [0, 0.1) is 17.8 Å². The van der Waals surface area contributed by atoms with Crippen molar-refractivity contribution in [1.82, 2.24) is 0 Å². The molecule has 2 fully saturated rings. The molecule has 0 aliphatic heterocycles. The average molecular weight is 154 g/mol. The molecular weight excluding hydrogens is 140 g/mol. The van der Waals surface area contributed by atoms with Gasteiger partial charge in [0.15, 0.2) is 0 Å². The van der Waals surface area contributed by atoms with E-state index in [-0.39, 0.29) is 5.92 Å². The number of carboxylic acid groups (broad SMARTS) is 1. The monoisotopic (exact) mass is 154 g/mol. The van der Waals surface area contributed by atoms with Gasteiger partial charge in [-0.25, -0.2) is 0 Å². The van der Waals surface area contributed by atoms with Crippen LogP contribution in [0.25, 0.3) is 0 Å². The molecule has 0 amide bonds. The molecular formula is C9H14O2. The van der Waals surface area contributed by atoms with Crippen LogP contribution >= 0.6 is 0 Å². The van der Waals surface area contributed by atoms with Crippen LogP contribution in [0.1, 0.15) is 32.1 Å². The number of carbonyl (C=O) groups is 1. The summed E-state index contributed by atoms with van der Waals surface area (Å²) in [6.45, 7) is 0. The molecule has 2 aliphatic carbocycles. The highest BCUT2D eigenvalue weighted by atomic mass is 16.4. The summed E-state index contributed by atoms with van der Waals surface area (Å²) in [6.07, 6.45) is 5.82. The minimum absolute atomic E-state index is 0.00231. The van der Waals surface area contributed by atoms with Gasteiger partial charge in [-0.2, -0.15) is 0 Å². The third kappa shape index (κ3) is 1.73. The lowest BCUT2D eigenvalue weighted by molar-refractivity contribution is -0.142. The molecule has 2 rings (SSSR count). The zero-order valence-corrected chi connectivity index (χ0v) is 6.62. The third-order valence-electron chi connectivity index (χ3n) is 2.79. The summed E-state index contributed by atoms with van der Waals surface area (Å²) in [5.74, 6) is 0.742. The van der Waals surface area contributed by atoms with Crippen molar-refractivity contribution >= 4 is 5.97 Å². The van der Waals surface area contributed by atoms with Crippen molar-refractivity contribution in [2.75, 3.05) is 0 Å². The quantitative estimate of drug-likeness (QED) is 0.671. The van der Waals surface area contributed by atoms with E-state index in [4.69, 9.17) is 5.11 Å². The van der Waals surface area contributed by atoms with Crippen LogP contribution in [0.5, 0.6) is 0 Å². The Kier molecular flexibility index (Phi) is 1.63. The minimum atomic E-state index is -0.556. The van der Waals surface area contributed by atoms with Crippen LogP contribution in [0.15, 0.2) is 0 Å². The summed E-state index contributed by atoms with van der Waals surface area (Å²) >= 11 is 0. The van der Waals surface area contributed by atoms with Crippen LogP contribution < -0.4 is 0 Å². The molecule has 1 atom stereocenters. The van der Waals surface area contributed by atoms with Gasteiger partial charge in [-0.05, 0) is 31.1 Å². The fourth-order valence-corrected chi connectivity index (χ4v) is 1.71. The first-order chi connectivity index (χ1) is 5.27. The van der Waals surface area contributed by atoms with E-state index in [0.717, 1.165) is 25.2 Å². The van der Waals surface area contributed by atoms with E-state index in [2.05, 4.69) is 0 Å². The Labute approximate surface area is 66.6 Å². The molecule has 2 aliphatic rings. The van der Waals surface area contributed by atoms with Crippen LogP contribution in [-0.4, -0.2) is 11.1 Å². The average Bonchev–Trinajstić information content (AvgIpc) is 2.78. The SMILES string of the molecule is O=C(O)C(CC1CC1)C1CC1. The van der Waals surface area contributed by atoms with Crippen molar-refractivity contribution in [3.8, 4) is 0 Å². The summed E-state index contributed by atoms with van der Waals surface area (Å²) in [6, 6.07) is 0. The van der Waals surface area contributed by atoms with Crippen molar-refractivity contribution in [2.45, 2.75) is 32.1 Å². The topological polar surface area (TPSA) is 37.3 Å². The molecule has 1 unspecified atom stereocenters. The molecule has 62 valence electrons. The Balaban J connectivity index is 1.85. The van der Waals surface area contributed by atoms with Crippen LogP contribution in [-0.2, 0) is 4.79 Å². The van der Waals surface area contributed by atoms with Crippen LogP contribution in [0.2, 0.25) is 0 Å². The molecule has 0 aromatic heterocycles. The molecule has 0 bridgehead atoms. The summed E-state index contributed by atoms with van der Waals surface area (Å²) in [5, 5.41) is 8.86. The van der Waals surface area contributed by atoms with E-state index in [0.29, 0.717) is 5.92 Å². The number of carboxylic acids is 1. The Morgan fingerprint density at radius 3 is 2.36 bits per heavy atom. The summed E-state index contributed by atoms with van der Waals surface area (Å²) in [7, 11) is 0. The predicted octanol–water partition coefficient (Wildman–Crippen LogP) is 1.90. The number of hydrogen-bond donors (Lipinski definition) is 1. The van der Waals surface area contributed by atoms with Crippen LogP contribution in [0.4, 0.5) is 0 Å². The van der Waals surface area contributed by atoms with Gasteiger partial charge < -0.3 is 5.11 Å².